The van der Waals surface area contributed by atoms with Crippen molar-refractivity contribution in [3.63, 3.8) is 0 Å². The van der Waals surface area contributed by atoms with Gasteiger partial charge in [-0.1, -0.05) is 20.3 Å². The number of ether oxygens (including phenoxy) is 1. The minimum Gasteiger partial charge on any atom is -0.462 e. The van der Waals surface area contributed by atoms with E-state index in [1.807, 2.05) is 13.8 Å². The van der Waals surface area contributed by atoms with Crippen molar-refractivity contribution < 1.29 is 19.1 Å². The number of primary amides is 1. The Morgan fingerprint density at radius 3 is 2.26 bits per heavy atom. The van der Waals surface area contributed by atoms with E-state index in [0.29, 0.717) is 24.3 Å². The van der Waals surface area contributed by atoms with E-state index in [2.05, 4.69) is 10.6 Å². The van der Waals surface area contributed by atoms with Crippen LogP contribution in [0.5, 0.6) is 0 Å². The van der Waals surface area contributed by atoms with Crippen LogP contribution in [0.15, 0.2) is 24.3 Å². The monoisotopic (exact) mass is 321 g/mol. The molecule has 7 nitrogen and oxygen atoms in total. The second-order valence-corrected chi connectivity index (χ2v) is 5.16. The third-order valence-corrected chi connectivity index (χ3v) is 3.46. The molecule has 23 heavy (non-hydrogen) atoms. The average molecular weight is 321 g/mol. The summed E-state index contributed by atoms with van der Waals surface area (Å²) in [5.41, 5.74) is 6.04. The number of urea groups is 1. The summed E-state index contributed by atoms with van der Waals surface area (Å²) >= 11 is 0. The first-order chi connectivity index (χ1) is 10.9. The summed E-state index contributed by atoms with van der Waals surface area (Å²) in [6, 6.07) is 4.86. The number of carbonyl (C=O) groups is 3. The lowest BCUT2D eigenvalue weighted by Gasteiger charge is -2.22. The summed E-state index contributed by atoms with van der Waals surface area (Å²) < 4.78 is 4.89. The van der Waals surface area contributed by atoms with Crippen molar-refractivity contribution in [2.75, 3.05) is 11.9 Å². The smallest absolute Gasteiger partial charge is 0.338 e. The van der Waals surface area contributed by atoms with Crippen molar-refractivity contribution >= 4 is 23.6 Å². The number of amides is 3. The number of rotatable bonds is 7. The van der Waals surface area contributed by atoms with Crippen molar-refractivity contribution in [2.45, 2.75) is 33.2 Å². The van der Waals surface area contributed by atoms with Gasteiger partial charge in [0.1, 0.15) is 6.04 Å². The highest BCUT2D eigenvalue weighted by Crippen LogP contribution is 2.14. The summed E-state index contributed by atoms with van der Waals surface area (Å²) in [4.78, 5) is 34.9. The fourth-order valence-corrected chi connectivity index (χ4v) is 1.98. The second kappa shape index (κ2) is 8.77. The van der Waals surface area contributed by atoms with Crippen molar-refractivity contribution in [3.05, 3.63) is 29.8 Å². The van der Waals surface area contributed by atoms with Crippen LogP contribution in [0.4, 0.5) is 10.5 Å². The zero-order valence-corrected chi connectivity index (χ0v) is 13.6. The maximum absolute atomic E-state index is 12.3. The first-order valence-electron chi connectivity index (χ1n) is 7.53. The first-order valence-corrected chi connectivity index (χ1v) is 7.53. The number of esters is 1. The summed E-state index contributed by atoms with van der Waals surface area (Å²) in [6.07, 6.45) is 0.708. The second-order valence-electron chi connectivity index (χ2n) is 5.16. The van der Waals surface area contributed by atoms with Crippen LogP contribution in [0.25, 0.3) is 0 Å². The largest absolute Gasteiger partial charge is 0.462 e. The Labute approximate surface area is 135 Å². The molecular formula is C16H23N3O4. The normalized spacial score (nSPS) is 12.8. The van der Waals surface area contributed by atoms with Gasteiger partial charge in [-0.3, -0.25) is 4.79 Å². The number of carbonyl (C=O) groups excluding carboxylic acids is 3. The van der Waals surface area contributed by atoms with Gasteiger partial charge >= 0.3 is 12.0 Å². The molecule has 0 aliphatic carbocycles. The minimum atomic E-state index is -0.747. The lowest BCUT2D eigenvalue weighted by atomic mass is 9.98. The Balaban J connectivity index is 2.78. The van der Waals surface area contributed by atoms with E-state index in [-0.39, 0.29) is 11.8 Å². The van der Waals surface area contributed by atoms with Crippen LogP contribution in [-0.4, -0.2) is 30.6 Å². The molecule has 0 spiro atoms. The van der Waals surface area contributed by atoms with E-state index in [1.165, 1.54) is 0 Å². The van der Waals surface area contributed by atoms with Crippen LogP contribution >= 0.6 is 0 Å². The molecular weight excluding hydrogens is 298 g/mol. The quantitative estimate of drug-likeness (QED) is 0.666. The van der Waals surface area contributed by atoms with Gasteiger partial charge in [0.05, 0.1) is 12.2 Å². The molecule has 0 fully saturated rings. The van der Waals surface area contributed by atoms with Crippen LogP contribution in [0, 0.1) is 5.92 Å². The lowest BCUT2D eigenvalue weighted by Crippen LogP contribution is -2.49. The van der Waals surface area contributed by atoms with E-state index in [1.54, 1.807) is 31.2 Å². The van der Waals surface area contributed by atoms with Crippen LogP contribution in [0.2, 0.25) is 0 Å². The van der Waals surface area contributed by atoms with Crippen molar-refractivity contribution in [3.8, 4) is 0 Å². The molecule has 4 N–H and O–H groups in total. The molecule has 1 aromatic carbocycles. The Bertz CT molecular complexity index is 557. The van der Waals surface area contributed by atoms with Crippen LogP contribution < -0.4 is 16.4 Å². The molecule has 0 heterocycles. The van der Waals surface area contributed by atoms with E-state index in [9.17, 15) is 14.4 Å². The SMILES string of the molecule is CCOC(=O)c1ccc(NC(=O)C(NC(N)=O)C(C)CC)cc1. The lowest BCUT2D eigenvalue weighted by molar-refractivity contribution is -0.119. The fraction of sp³-hybridized carbons (Fsp3) is 0.438. The summed E-state index contributed by atoms with van der Waals surface area (Å²) in [6.45, 7) is 5.80. The number of hydrogen-bond acceptors (Lipinski definition) is 4. The first kappa shape index (κ1) is 18.5. The highest BCUT2D eigenvalue weighted by molar-refractivity contribution is 5.97. The van der Waals surface area contributed by atoms with Crippen LogP contribution in [0.3, 0.4) is 0 Å². The van der Waals surface area contributed by atoms with Gasteiger partial charge in [0.15, 0.2) is 0 Å². The van der Waals surface area contributed by atoms with Gasteiger partial charge in [0.2, 0.25) is 5.91 Å². The molecule has 0 aliphatic heterocycles. The van der Waals surface area contributed by atoms with Gasteiger partial charge in [-0.05, 0) is 37.1 Å². The predicted molar refractivity (Wildman–Crippen MR) is 87.0 cm³/mol. The number of benzene rings is 1. The molecule has 126 valence electrons. The number of anilines is 1. The third-order valence-electron chi connectivity index (χ3n) is 3.46. The van der Waals surface area contributed by atoms with Crippen LogP contribution in [-0.2, 0) is 9.53 Å². The minimum absolute atomic E-state index is 0.0682. The summed E-state index contributed by atoms with van der Waals surface area (Å²) in [5, 5.41) is 5.15. The van der Waals surface area contributed by atoms with E-state index in [4.69, 9.17) is 10.5 Å². The molecule has 2 atom stereocenters. The van der Waals surface area contributed by atoms with Gasteiger partial charge in [-0.25, -0.2) is 9.59 Å². The zero-order valence-electron chi connectivity index (χ0n) is 13.6. The average Bonchev–Trinajstić information content (AvgIpc) is 2.52. The molecule has 0 aliphatic rings. The van der Waals surface area contributed by atoms with Gasteiger partial charge in [-0.15, -0.1) is 0 Å². The molecule has 1 rings (SSSR count). The molecule has 1 aromatic rings. The van der Waals surface area contributed by atoms with E-state index < -0.39 is 18.0 Å². The molecule has 3 amide bonds. The molecule has 0 bridgehead atoms. The maximum Gasteiger partial charge on any atom is 0.338 e. The third kappa shape index (κ3) is 5.61. The topological polar surface area (TPSA) is 111 Å². The Morgan fingerprint density at radius 2 is 1.78 bits per heavy atom. The van der Waals surface area contributed by atoms with Crippen LogP contribution in [0.1, 0.15) is 37.6 Å². The maximum atomic E-state index is 12.3. The molecule has 0 saturated heterocycles. The molecule has 0 saturated carbocycles. The summed E-state index contributed by atoms with van der Waals surface area (Å²) in [7, 11) is 0. The number of hydrogen-bond donors (Lipinski definition) is 3. The van der Waals surface area contributed by atoms with E-state index in [0.717, 1.165) is 0 Å². The van der Waals surface area contributed by atoms with Crippen molar-refractivity contribution in [2.24, 2.45) is 11.7 Å². The number of nitrogens with two attached hydrogens (primary N) is 1. The highest BCUT2D eigenvalue weighted by atomic mass is 16.5. The summed E-state index contributed by atoms with van der Waals surface area (Å²) in [5.74, 6) is -0.846. The predicted octanol–water partition coefficient (Wildman–Crippen LogP) is 1.88. The van der Waals surface area contributed by atoms with Gasteiger partial charge in [-0.2, -0.15) is 0 Å². The molecule has 2 unspecified atom stereocenters. The Kier molecular flexibility index (Phi) is 7.05. The van der Waals surface area contributed by atoms with Crippen molar-refractivity contribution in [1.82, 2.24) is 5.32 Å². The van der Waals surface area contributed by atoms with E-state index >= 15 is 0 Å². The number of nitrogens with one attached hydrogen (secondary N) is 2. The Morgan fingerprint density at radius 1 is 1.17 bits per heavy atom. The fourth-order valence-electron chi connectivity index (χ4n) is 1.98. The molecule has 7 heteroatoms. The molecule has 0 radical (unpaired) electrons. The standard InChI is InChI=1S/C16H23N3O4/c1-4-10(3)13(19-16(17)22)14(20)18-12-8-6-11(7-9-12)15(21)23-5-2/h6-10,13H,4-5H2,1-3H3,(H,18,20)(H3,17,19,22). The van der Waals surface area contributed by atoms with Gasteiger partial charge < -0.3 is 21.1 Å². The highest BCUT2D eigenvalue weighted by Gasteiger charge is 2.25. The molecule has 0 aromatic heterocycles. The van der Waals surface area contributed by atoms with Crippen molar-refractivity contribution in [1.29, 1.82) is 0 Å². The van der Waals surface area contributed by atoms with Gasteiger partial charge in [0, 0.05) is 5.69 Å². The zero-order chi connectivity index (χ0) is 17.4. The Hall–Kier alpha value is -2.57. The van der Waals surface area contributed by atoms with Gasteiger partial charge in [0.25, 0.3) is 0 Å².